The van der Waals surface area contributed by atoms with Crippen molar-refractivity contribution in [3.8, 4) is 0 Å². The molecule has 0 saturated carbocycles. The molecule has 0 saturated heterocycles. The molecule has 0 aromatic carbocycles. The first-order valence-corrected chi connectivity index (χ1v) is 6.10. The van der Waals surface area contributed by atoms with Crippen LogP contribution in [0.3, 0.4) is 0 Å². The summed E-state index contributed by atoms with van der Waals surface area (Å²) in [6.45, 7) is 1.91. The Hall–Kier alpha value is -2.57. The van der Waals surface area contributed by atoms with Crippen molar-refractivity contribution < 1.29 is 9.21 Å². The minimum absolute atomic E-state index is 0.0223. The van der Waals surface area contributed by atoms with Crippen LogP contribution >= 0.6 is 0 Å². The number of carbonyl (C=O) groups excluding carboxylic acids is 1. The molecule has 0 aliphatic heterocycles. The van der Waals surface area contributed by atoms with Crippen LogP contribution in [-0.2, 0) is 20.5 Å². The molecular formula is C13H15N3O4. The fourth-order valence-electron chi connectivity index (χ4n) is 1.77. The van der Waals surface area contributed by atoms with Gasteiger partial charge in [0.05, 0.1) is 0 Å². The number of hydrogen-bond acceptors (Lipinski definition) is 4. The Morgan fingerprint density at radius 1 is 1.30 bits per heavy atom. The molecule has 0 bridgehead atoms. The van der Waals surface area contributed by atoms with E-state index in [9.17, 15) is 14.4 Å². The number of furan rings is 1. The lowest BCUT2D eigenvalue weighted by Crippen LogP contribution is -2.38. The number of anilines is 1. The summed E-state index contributed by atoms with van der Waals surface area (Å²) in [5.41, 5.74) is -1.00. The summed E-state index contributed by atoms with van der Waals surface area (Å²) in [5.74, 6) is 0.279. The molecule has 2 aromatic rings. The Balaban J connectivity index is 2.33. The van der Waals surface area contributed by atoms with Crippen molar-refractivity contribution in [3.63, 3.8) is 0 Å². The quantitative estimate of drug-likeness (QED) is 0.884. The van der Waals surface area contributed by atoms with Gasteiger partial charge in [-0.25, -0.2) is 4.79 Å². The molecule has 1 amide bonds. The highest BCUT2D eigenvalue weighted by atomic mass is 16.3. The van der Waals surface area contributed by atoms with Gasteiger partial charge < -0.3 is 14.3 Å². The van der Waals surface area contributed by atoms with Crippen molar-refractivity contribution in [1.29, 1.82) is 0 Å². The lowest BCUT2D eigenvalue weighted by Gasteiger charge is -2.07. The summed E-state index contributed by atoms with van der Waals surface area (Å²) in [4.78, 5) is 35.4. The van der Waals surface area contributed by atoms with Gasteiger partial charge in [-0.15, -0.1) is 0 Å². The molecule has 20 heavy (non-hydrogen) atoms. The fraction of sp³-hybridized carbons (Fsp3) is 0.308. The summed E-state index contributed by atoms with van der Waals surface area (Å²) < 4.78 is 7.45. The highest BCUT2D eigenvalue weighted by Crippen LogP contribution is 2.10. The Morgan fingerprint density at radius 2 is 2.00 bits per heavy atom. The second-order valence-electron chi connectivity index (χ2n) is 4.37. The highest BCUT2D eigenvalue weighted by molar-refractivity contribution is 6.02. The van der Waals surface area contributed by atoms with Gasteiger partial charge in [0.15, 0.2) is 5.76 Å². The minimum atomic E-state index is -0.566. The molecule has 0 atom stereocenters. The number of nitrogens with one attached hydrogen (secondary N) is 1. The standard InChI is InChI=1S/C13H15N3O4/c1-4-8-5-6-10(20-8)11(17)14-9-7-15(2)13(19)16(3)12(9)18/h5-7H,4H2,1-3H3,(H,14,17). The van der Waals surface area contributed by atoms with Crippen LogP contribution in [0.1, 0.15) is 23.2 Å². The monoisotopic (exact) mass is 277 g/mol. The second kappa shape index (κ2) is 5.20. The maximum absolute atomic E-state index is 12.0. The van der Waals surface area contributed by atoms with Crippen LogP contribution in [0.5, 0.6) is 0 Å². The van der Waals surface area contributed by atoms with E-state index < -0.39 is 17.2 Å². The molecule has 106 valence electrons. The van der Waals surface area contributed by atoms with Gasteiger partial charge in [0.1, 0.15) is 11.4 Å². The number of nitrogens with zero attached hydrogens (tertiary/aromatic N) is 2. The zero-order valence-electron chi connectivity index (χ0n) is 11.5. The molecule has 2 rings (SSSR count). The Labute approximate surface area is 114 Å². The molecular weight excluding hydrogens is 262 g/mol. The summed E-state index contributed by atoms with van der Waals surface area (Å²) in [6.07, 6.45) is 1.96. The first-order chi connectivity index (χ1) is 9.43. The van der Waals surface area contributed by atoms with Gasteiger partial charge in [0.2, 0.25) is 0 Å². The zero-order valence-corrected chi connectivity index (χ0v) is 11.5. The third-order valence-corrected chi connectivity index (χ3v) is 2.93. The van der Waals surface area contributed by atoms with Gasteiger partial charge in [-0.1, -0.05) is 6.92 Å². The van der Waals surface area contributed by atoms with Crippen LogP contribution < -0.4 is 16.6 Å². The topological polar surface area (TPSA) is 86.2 Å². The smallest absolute Gasteiger partial charge is 0.330 e. The summed E-state index contributed by atoms with van der Waals surface area (Å²) in [5, 5.41) is 2.45. The number of aryl methyl sites for hydroxylation is 2. The van der Waals surface area contributed by atoms with Gasteiger partial charge in [-0.3, -0.25) is 14.2 Å². The highest BCUT2D eigenvalue weighted by Gasteiger charge is 2.14. The maximum atomic E-state index is 12.0. The van der Waals surface area contributed by atoms with E-state index in [1.807, 2.05) is 6.92 Å². The van der Waals surface area contributed by atoms with Gasteiger partial charge in [0, 0.05) is 26.7 Å². The summed E-state index contributed by atoms with van der Waals surface area (Å²) in [7, 11) is 2.85. The molecule has 7 nitrogen and oxygen atoms in total. The lowest BCUT2D eigenvalue weighted by molar-refractivity contribution is 0.0995. The third kappa shape index (κ3) is 2.42. The van der Waals surface area contributed by atoms with Crippen LogP contribution in [0.25, 0.3) is 0 Å². The largest absolute Gasteiger partial charge is 0.456 e. The minimum Gasteiger partial charge on any atom is -0.456 e. The van der Waals surface area contributed by atoms with E-state index in [1.165, 1.54) is 24.9 Å². The average Bonchev–Trinajstić information content (AvgIpc) is 2.91. The summed E-state index contributed by atoms with van der Waals surface area (Å²) >= 11 is 0. The molecule has 0 aliphatic carbocycles. The Kier molecular flexibility index (Phi) is 3.60. The van der Waals surface area contributed by atoms with E-state index in [0.717, 1.165) is 4.57 Å². The number of aromatic nitrogens is 2. The van der Waals surface area contributed by atoms with Crippen LogP contribution in [0.15, 0.2) is 32.3 Å². The van der Waals surface area contributed by atoms with E-state index in [0.29, 0.717) is 12.2 Å². The predicted octanol–water partition coefficient (Wildman–Crippen LogP) is 0.492. The number of carbonyl (C=O) groups is 1. The molecule has 2 heterocycles. The second-order valence-corrected chi connectivity index (χ2v) is 4.37. The Morgan fingerprint density at radius 3 is 2.60 bits per heavy atom. The zero-order chi connectivity index (χ0) is 14.9. The van der Waals surface area contributed by atoms with E-state index in [-0.39, 0.29) is 11.4 Å². The number of amides is 1. The average molecular weight is 277 g/mol. The van der Waals surface area contributed by atoms with Crippen molar-refractivity contribution in [2.45, 2.75) is 13.3 Å². The van der Waals surface area contributed by atoms with Gasteiger partial charge in [-0.05, 0) is 12.1 Å². The SMILES string of the molecule is CCc1ccc(C(=O)Nc2cn(C)c(=O)n(C)c2=O)o1. The van der Waals surface area contributed by atoms with Crippen LogP contribution in [0.4, 0.5) is 5.69 Å². The number of rotatable bonds is 3. The van der Waals surface area contributed by atoms with Crippen LogP contribution in [-0.4, -0.2) is 15.0 Å². The molecule has 0 aliphatic rings. The van der Waals surface area contributed by atoms with Crippen molar-refractivity contribution in [3.05, 3.63) is 50.7 Å². The van der Waals surface area contributed by atoms with Gasteiger partial charge in [0.25, 0.3) is 11.5 Å². The third-order valence-electron chi connectivity index (χ3n) is 2.93. The van der Waals surface area contributed by atoms with Crippen molar-refractivity contribution in [2.75, 3.05) is 5.32 Å². The van der Waals surface area contributed by atoms with E-state index in [1.54, 1.807) is 12.1 Å². The van der Waals surface area contributed by atoms with E-state index >= 15 is 0 Å². The normalized spacial score (nSPS) is 10.6. The van der Waals surface area contributed by atoms with Crippen LogP contribution in [0, 0.1) is 0 Å². The fourth-order valence-corrected chi connectivity index (χ4v) is 1.77. The Bertz CT molecular complexity index is 767. The van der Waals surface area contributed by atoms with Crippen molar-refractivity contribution >= 4 is 11.6 Å². The van der Waals surface area contributed by atoms with Crippen LogP contribution in [0.2, 0.25) is 0 Å². The first-order valence-electron chi connectivity index (χ1n) is 6.10. The van der Waals surface area contributed by atoms with Gasteiger partial charge >= 0.3 is 5.69 Å². The molecule has 0 unspecified atom stereocenters. The molecule has 0 fully saturated rings. The van der Waals surface area contributed by atoms with E-state index in [4.69, 9.17) is 4.42 Å². The first kappa shape index (κ1) is 13.9. The maximum Gasteiger partial charge on any atom is 0.330 e. The molecule has 2 aromatic heterocycles. The molecule has 1 N–H and O–H groups in total. The van der Waals surface area contributed by atoms with E-state index in [2.05, 4.69) is 5.32 Å². The number of hydrogen-bond donors (Lipinski definition) is 1. The predicted molar refractivity (Wildman–Crippen MR) is 73.0 cm³/mol. The molecule has 7 heteroatoms. The van der Waals surface area contributed by atoms with Crippen molar-refractivity contribution in [1.82, 2.24) is 9.13 Å². The molecule has 0 spiro atoms. The summed E-state index contributed by atoms with van der Waals surface area (Å²) in [6, 6.07) is 3.24. The van der Waals surface area contributed by atoms with Crippen molar-refractivity contribution in [2.24, 2.45) is 14.1 Å². The lowest BCUT2D eigenvalue weighted by atomic mass is 10.3. The molecule has 0 radical (unpaired) electrons. The van der Waals surface area contributed by atoms with Gasteiger partial charge in [-0.2, -0.15) is 0 Å².